The van der Waals surface area contributed by atoms with Crippen LogP contribution in [-0.2, 0) is 32.0 Å². The second kappa shape index (κ2) is 14.9. The molecule has 4 aromatic rings. The standard InChI is InChI=1S/C38H42FNO7/c1-6-44-34(41)21-26-10-7-8-13-33(26)45-22-29-23-46-36-28(18-25-14-16-43-17-15-25)19-27(20-32(29)36)31-12-9-11-30(35(31)39)24(2)40-37(42)47-38(3,4)5/h7-13,18-20,23-24H,6,14-17,21-22H2,1-5H3,(H,40,42). The van der Waals surface area contributed by atoms with Gasteiger partial charge in [-0.2, -0.15) is 0 Å². The SMILES string of the molecule is CCOC(=O)Cc1ccccc1OCc1coc2c(C=C3CCOCC3)cc(-c3cccc(C(C)NC(=O)OC(C)(C)C)c3F)cc12. The molecule has 1 aliphatic heterocycles. The fourth-order valence-electron chi connectivity index (χ4n) is 5.57. The number of esters is 1. The molecule has 0 bridgehead atoms. The lowest BCUT2D eigenvalue weighted by Crippen LogP contribution is -2.34. The molecular weight excluding hydrogens is 601 g/mol. The van der Waals surface area contributed by atoms with E-state index < -0.39 is 23.6 Å². The zero-order chi connectivity index (χ0) is 33.6. The van der Waals surface area contributed by atoms with Gasteiger partial charge >= 0.3 is 12.1 Å². The maximum absolute atomic E-state index is 16.3. The highest BCUT2D eigenvalue weighted by atomic mass is 19.1. The zero-order valence-electron chi connectivity index (χ0n) is 27.6. The molecule has 1 atom stereocenters. The van der Waals surface area contributed by atoms with E-state index in [-0.39, 0.29) is 19.0 Å². The average Bonchev–Trinajstić information content (AvgIpc) is 3.43. The predicted molar refractivity (Wildman–Crippen MR) is 179 cm³/mol. The highest BCUT2D eigenvalue weighted by Gasteiger charge is 2.22. The third-order valence-corrected chi connectivity index (χ3v) is 7.81. The number of alkyl carbamates (subject to hydrolysis) is 1. The first kappa shape index (κ1) is 33.7. The first-order chi connectivity index (χ1) is 22.5. The number of carbonyl (C=O) groups excluding carboxylic acids is 2. The van der Waals surface area contributed by atoms with Crippen molar-refractivity contribution in [1.29, 1.82) is 0 Å². The van der Waals surface area contributed by atoms with Gasteiger partial charge in [-0.3, -0.25) is 4.79 Å². The van der Waals surface area contributed by atoms with Crippen molar-refractivity contribution in [3.8, 4) is 16.9 Å². The Bertz CT molecular complexity index is 1760. The number of benzene rings is 3. The molecular formula is C38H42FNO7. The highest BCUT2D eigenvalue weighted by Crippen LogP contribution is 2.36. The van der Waals surface area contributed by atoms with Crippen molar-refractivity contribution in [2.45, 2.75) is 72.1 Å². The molecule has 248 valence electrons. The lowest BCUT2D eigenvalue weighted by molar-refractivity contribution is -0.142. The quantitative estimate of drug-likeness (QED) is 0.173. The minimum Gasteiger partial charge on any atom is -0.488 e. The molecule has 1 aromatic heterocycles. The molecule has 47 heavy (non-hydrogen) atoms. The van der Waals surface area contributed by atoms with Gasteiger partial charge < -0.3 is 28.7 Å². The van der Waals surface area contributed by atoms with Crippen LogP contribution in [0.5, 0.6) is 5.75 Å². The Hall–Kier alpha value is -4.63. The minimum absolute atomic E-state index is 0.0958. The Balaban J connectivity index is 1.51. The summed E-state index contributed by atoms with van der Waals surface area (Å²) in [5.41, 5.74) is 4.92. The van der Waals surface area contributed by atoms with Gasteiger partial charge in [0.05, 0.1) is 38.5 Å². The summed E-state index contributed by atoms with van der Waals surface area (Å²) in [7, 11) is 0. The summed E-state index contributed by atoms with van der Waals surface area (Å²) in [5.74, 6) is -0.192. The van der Waals surface area contributed by atoms with Crippen molar-refractivity contribution in [3.05, 3.63) is 94.5 Å². The molecule has 8 nitrogen and oxygen atoms in total. The predicted octanol–water partition coefficient (Wildman–Crippen LogP) is 8.70. The Morgan fingerprint density at radius 1 is 1.04 bits per heavy atom. The number of hydrogen-bond donors (Lipinski definition) is 1. The number of nitrogens with one attached hydrogen (secondary N) is 1. The summed E-state index contributed by atoms with van der Waals surface area (Å²) >= 11 is 0. The number of rotatable bonds is 10. The van der Waals surface area contributed by atoms with E-state index in [1.807, 2.05) is 36.4 Å². The van der Waals surface area contributed by atoms with Crippen molar-refractivity contribution in [3.63, 3.8) is 0 Å². The summed E-state index contributed by atoms with van der Waals surface area (Å²) in [5, 5.41) is 3.53. The van der Waals surface area contributed by atoms with Gasteiger partial charge in [-0.05, 0) is 71.2 Å². The number of amides is 1. The van der Waals surface area contributed by atoms with Gasteiger partial charge in [0.25, 0.3) is 0 Å². The number of furan rings is 1. The minimum atomic E-state index is -0.677. The van der Waals surface area contributed by atoms with Crippen LogP contribution >= 0.6 is 0 Å². The summed E-state index contributed by atoms with van der Waals surface area (Å²) in [6.45, 7) is 10.6. The number of ether oxygens (including phenoxy) is 4. The fraction of sp³-hybridized carbons (Fsp3) is 0.368. The van der Waals surface area contributed by atoms with Crippen LogP contribution in [0.4, 0.5) is 9.18 Å². The first-order valence-electron chi connectivity index (χ1n) is 16.0. The summed E-state index contributed by atoms with van der Waals surface area (Å²) in [6, 6.07) is 15.7. The van der Waals surface area contributed by atoms with Crippen LogP contribution in [0, 0.1) is 5.82 Å². The number of hydrogen-bond acceptors (Lipinski definition) is 7. The summed E-state index contributed by atoms with van der Waals surface area (Å²) in [4.78, 5) is 24.6. The molecule has 0 aliphatic carbocycles. The Labute approximate surface area is 274 Å². The Kier molecular flexibility index (Phi) is 10.7. The van der Waals surface area contributed by atoms with Crippen molar-refractivity contribution < 1.29 is 37.3 Å². The van der Waals surface area contributed by atoms with Crippen LogP contribution in [0.2, 0.25) is 0 Å². The second-order valence-corrected chi connectivity index (χ2v) is 12.6. The smallest absolute Gasteiger partial charge is 0.408 e. The highest BCUT2D eigenvalue weighted by molar-refractivity contribution is 5.93. The maximum atomic E-state index is 16.3. The van der Waals surface area contributed by atoms with E-state index in [0.717, 1.165) is 34.9 Å². The van der Waals surface area contributed by atoms with E-state index in [0.29, 0.717) is 47.8 Å². The van der Waals surface area contributed by atoms with Gasteiger partial charge in [-0.1, -0.05) is 48.0 Å². The van der Waals surface area contributed by atoms with Crippen LogP contribution in [0.3, 0.4) is 0 Å². The molecule has 1 fully saturated rings. The van der Waals surface area contributed by atoms with Crippen molar-refractivity contribution >= 4 is 29.1 Å². The van der Waals surface area contributed by atoms with Crippen LogP contribution < -0.4 is 10.1 Å². The molecule has 1 unspecified atom stereocenters. The molecule has 1 saturated heterocycles. The molecule has 2 heterocycles. The van der Waals surface area contributed by atoms with Gasteiger partial charge in [0.1, 0.15) is 29.4 Å². The fourth-order valence-corrected chi connectivity index (χ4v) is 5.57. The number of fused-ring (bicyclic) bond motifs is 1. The van der Waals surface area contributed by atoms with E-state index in [2.05, 4.69) is 11.4 Å². The number of para-hydroxylation sites is 1. The van der Waals surface area contributed by atoms with Gasteiger partial charge in [0.2, 0.25) is 0 Å². The molecule has 3 aromatic carbocycles. The number of carbonyl (C=O) groups is 2. The van der Waals surface area contributed by atoms with E-state index in [1.54, 1.807) is 59.1 Å². The Morgan fingerprint density at radius 3 is 2.55 bits per heavy atom. The lowest BCUT2D eigenvalue weighted by atomic mass is 9.94. The van der Waals surface area contributed by atoms with Crippen molar-refractivity contribution in [1.82, 2.24) is 5.32 Å². The van der Waals surface area contributed by atoms with E-state index >= 15 is 4.39 Å². The monoisotopic (exact) mass is 643 g/mol. The molecule has 5 rings (SSSR count). The summed E-state index contributed by atoms with van der Waals surface area (Å²) in [6.07, 6.45) is 4.85. The van der Waals surface area contributed by atoms with Crippen molar-refractivity contribution in [2.75, 3.05) is 19.8 Å². The van der Waals surface area contributed by atoms with Crippen LogP contribution in [0.15, 0.2) is 70.9 Å². The topological polar surface area (TPSA) is 96.2 Å². The first-order valence-corrected chi connectivity index (χ1v) is 16.0. The van der Waals surface area contributed by atoms with Gasteiger partial charge in [-0.15, -0.1) is 0 Å². The van der Waals surface area contributed by atoms with Crippen LogP contribution in [0.1, 0.15) is 75.8 Å². The van der Waals surface area contributed by atoms with E-state index in [4.69, 9.17) is 23.4 Å². The second-order valence-electron chi connectivity index (χ2n) is 12.6. The molecule has 1 N–H and O–H groups in total. The van der Waals surface area contributed by atoms with Gasteiger partial charge in [0, 0.05) is 33.2 Å². The molecule has 1 aliphatic rings. The summed E-state index contributed by atoms with van der Waals surface area (Å²) < 4.78 is 44.7. The maximum Gasteiger partial charge on any atom is 0.408 e. The van der Waals surface area contributed by atoms with Crippen molar-refractivity contribution in [2.24, 2.45) is 0 Å². The molecule has 0 spiro atoms. The van der Waals surface area contributed by atoms with Gasteiger partial charge in [0.15, 0.2) is 0 Å². The van der Waals surface area contributed by atoms with E-state index in [1.165, 1.54) is 5.57 Å². The van der Waals surface area contributed by atoms with Gasteiger partial charge in [-0.25, -0.2) is 9.18 Å². The zero-order valence-corrected chi connectivity index (χ0v) is 27.6. The largest absolute Gasteiger partial charge is 0.488 e. The lowest BCUT2D eigenvalue weighted by Gasteiger charge is -2.22. The number of halogens is 1. The average molecular weight is 644 g/mol. The third-order valence-electron chi connectivity index (χ3n) is 7.81. The van der Waals surface area contributed by atoms with Crippen LogP contribution in [0.25, 0.3) is 28.2 Å². The molecule has 9 heteroatoms. The van der Waals surface area contributed by atoms with E-state index in [9.17, 15) is 9.59 Å². The molecule has 1 amide bonds. The Morgan fingerprint density at radius 2 is 1.81 bits per heavy atom. The third kappa shape index (κ3) is 8.60. The van der Waals surface area contributed by atoms with Crippen LogP contribution in [-0.4, -0.2) is 37.5 Å². The molecule has 0 saturated carbocycles. The normalized spacial score (nSPS) is 14.0. The molecule has 0 radical (unpaired) electrons.